The number of halogens is 2. The summed E-state index contributed by atoms with van der Waals surface area (Å²) in [6.45, 7) is 8.20. The molecular weight excluding hydrogens is 1680 g/mol. The number of benzene rings is 6. The molecule has 2 saturated heterocycles. The number of likely N-dealkylation sites (N-methyl/N-ethyl adjacent to an activating group) is 1. The van der Waals surface area contributed by atoms with Gasteiger partial charge in [-0.15, -0.1) is 0 Å². The van der Waals surface area contributed by atoms with Crippen LogP contribution in [0.5, 0.6) is 51.7 Å². The molecule has 0 aromatic heterocycles. The van der Waals surface area contributed by atoms with Crippen LogP contribution in [0.2, 0.25) is 10.0 Å². The number of rotatable bonds is 22. The number of primary amides is 2. The van der Waals surface area contributed by atoms with E-state index in [0.717, 1.165) is 62.8 Å². The lowest BCUT2D eigenvalue weighted by Crippen LogP contribution is -2.65. The minimum Gasteiger partial charge on any atom is -0.507 e. The number of amides is 9. The van der Waals surface area contributed by atoms with Crippen LogP contribution in [0.1, 0.15) is 157 Å². The Morgan fingerprint density at radius 3 is 2.04 bits per heavy atom. The summed E-state index contributed by atoms with van der Waals surface area (Å²) in [4.78, 5) is 135. The monoisotopic (exact) mass is 1790 g/mol. The number of phenols is 1. The molecule has 36 nitrogen and oxygen atoms in total. The molecule has 21 N–H and O–H groups in total. The molecule has 9 amide bonds. The van der Waals surface area contributed by atoms with Crippen molar-refractivity contribution in [2.24, 2.45) is 52.2 Å². The van der Waals surface area contributed by atoms with E-state index in [4.69, 9.17) is 83.0 Å². The van der Waals surface area contributed by atoms with Crippen molar-refractivity contribution >= 4 is 82.2 Å². The normalized spacial score (nSPS) is 30.5. The van der Waals surface area contributed by atoms with Crippen molar-refractivity contribution in [3.63, 3.8) is 0 Å². The highest BCUT2D eigenvalue weighted by Gasteiger charge is 2.76. The molecule has 11 bridgehead atoms. The van der Waals surface area contributed by atoms with Gasteiger partial charge in [0.15, 0.2) is 23.9 Å². The molecule has 6 fully saturated rings. The number of fused-ring (bicyclic) bond motifs is 17. The third kappa shape index (κ3) is 18.8. The van der Waals surface area contributed by atoms with Gasteiger partial charge in [0.05, 0.1) is 67.6 Å². The summed E-state index contributed by atoms with van der Waals surface area (Å²) in [5.74, 6) is -11.3. The number of hydrogen-bond donors (Lipinski definition) is 18. The number of anilines is 1. The SMILES string of the molecule is CCCCOc1ccc(NC(=O)Oc2cc(OC)c3c(c2)C(C(=O)NC2C4CC5CC6CC2C56C4)NC(=O)CC(O)c2ccc(c(Cl)c2)Oc2cc4cc(c2OC2OC(CO)C(O)C(O)C2OC2CC(C)(N)C(O)C(C)O2)Oc2ccc(cc2Cl)C(O)C(NC(=O)C(CC(C)C)NC)C(=O)NC(CC(N)=O)C(=O)NC4C(=O)NC(C(N)=O)c2ccc(O)c-3c2)cc1. The van der Waals surface area contributed by atoms with E-state index >= 15 is 24.0 Å². The quantitative estimate of drug-likeness (QED) is 0.0381. The summed E-state index contributed by atoms with van der Waals surface area (Å²) in [5, 5.41) is 104. The minimum absolute atomic E-state index is 0.0437. The van der Waals surface area contributed by atoms with E-state index < -0.39 is 205 Å². The molecular formula is C88H105Cl2N11O25. The van der Waals surface area contributed by atoms with E-state index in [1.165, 1.54) is 82.6 Å². The summed E-state index contributed by atoms with van der Waals surface area (Å²) in [6.07, 6.45) is -14.6. The number of aliphatic hydroxyl groups excluding tert-OH is 6. The number of hydrogen-bond acceptors (Lipinski definition) is 27. The summed E-state index contributed by atoms with van der Waals surface area (Å²) in [7, 11) is 2.71. The van der Waals surface area contributed by atoms with Gasteiger partial charge < -0.3 is 133 Å². The highest BCUT2D eigenvalue weighted by Crippen LogP contribution is 2.81. The summed E-state index contributed by atoms with van der Waals surface area (Å²) < 4.78 is 56.9. The third-order valence-electron chi connectivity index (χ3n) is 25.4. The molecule has 38 heteroatoms. The van der Waals surface area contributed by atoms with Gasteiger partial charge in [0.1, 0.15) is 89.1 Å². The van der Waals surface area contributed by atoms with Gasteiger partial charge in [-0.2, -0.15) is 0 Å². The van der Waals surface area contributed by atoms with Gasteiger partial charge in [-0.1, -0.05) is 68.6 Å². The molecule has 4 aliphatic carbocycles. The lowest BCUT2D eigenvalue weighted by Gasteiger charge is -2.67. The van der Waals surface area contributed by atoms with E-state index in [1.807, 2.05) is 20.8 Å². The second-order valence-electron chi connectivity index (χ2n) is 34.3. The van der Waals surface area contributed by atoms with Crippen LogP contribution in [0.25, 0.3) is 11.1 Å². The first-order chi connectivity index (χ1) is 60.0. The predicted molar refractivity (Wildman–Crippen MR) is 450 cm³/mol. The second kappa shape index (κ2) is 37.7. The zero-order valence-electron chi connectivity index (χ0n) is 70.0. The predicted octanol–water partition coefficient (Wildman–Crippen LogP) is 5.34. The average molecular weight is 1790 g/mol. The van der Waals surface area contributed by atoms with E-state index in [9.17, 15) is 54.9 Å². The molecule has 676 valence electrons. The second-order valence-corrected chi connectivity index (χ2v) is 35.2. The summed E-state index contributed by atoms with van der Waals surface area (Å²) >= 11 is 14.4. The van der Waals surface area contributed by atoms with Crippen molar-refractivity contribution in [3.05, 3.63) is 141 Å². The Labute approximate surface area is 734 Å². The van der Waals surface area contributed by atoms with E-state index in [0.29, 0.717) is 24.2 Å². The van der Waals surface area contributed by atoms with E-state index in [2.05, 4.69) is 42.5 Å². The fourth-order valence-electron chi connectivity index (χ4n) is 19.0. The van der Waals surface area contributed by atoms with Gasteiger partial charge in [-0.25, -0.2) is 4.79 Å². The molecule has 23 unspecified atom stereocenters. The zero-order chi connectivity index (χ0) is 90.4. The van der Waals surface area contributed by atoms with Crippen LogP contribution in [0.4, 0.5) is 10.5 Å². The number of aromatic hydroxyl groups is 1. The number of ether oxygens (including phenoxy) is 9. The van der Waals surface area contributed by atoms with Crippen LogP contribution >= 0.6 is 23.2 Å². The Morgan fingerprint density at radius 1 is 0.730 bits per heavy atom. The van der Waals surface area contributed by atoms with Crippen LogP contribution in [-0.2, 0) is 52.6 Å². The first-order valence-corrected chi connectivity index (χ1v) is 42.6. The number of nitrogens with two attached hydrogens (primary N) is 3. The third-order valence-corrected chi connectivity index (χ3v) is 26.0. The number of carbonyl (C=O) groups excluding carboxylic acids is 9. The smallest absolute Gasteiger partial charge is 0.417 e. The molecule has 1 spiro atoms. The van der Waals surface area contributed by atoms with Gasteiger partial charge >= 0.3 is 6.09 Å². The van der Waals surface area contributed by atoms with Crippen LogP contribution in [0.3, 0.4) is 0 Å². The van der Waals surface area contributed by atoms with Gasteiger partial charge in [0.25, 0.3) is 0 Å². The lowest BCUT2D eigenvalue weighted by atomic mass is 9.38. The van der Waals surface area contributed by atoms with E-state index in [1.54, 1.807) is 24.3 Å². The molecule has 126 heavy (non-hydrogen) atoms. The average Bonchev–Trinajstić information content (AvgIpc) is 1.48. The molecule has 6 aliphatic heterocycles. The first kappa shape index (κ1) is 91.5. The van der Waals surface area contributed by atoms with Crippen LogP contribution in [0.15, 0.2) is 103 Å². The Hall–Kier alpha value is -10.7. The van der Waals surface area contributed by atoms with Crippen molar-refractivity contribution in [1.29, 1.82) is 0 Å². The van der Waals surface area contributed by atoms with E-state index in [-0.39, 0.29) is 114 Å². The maximum atomic E-state index is 16.3. The first-order valence-electron chi connectivity index (χ1n) is 41.9. The van der Waals surface area contributed by atoms with Gasteiger partial charge in [0.2, 0.25) is 59.3 Å². The maximum Gasteiger partial charge on any atom is 0.417 e. The highest BCUT2D eigenvalue weighted by atomic mass is 35.5. The number of phenolic OH excluding ortho intramolecular Hbond substituents is 1. The highest BCUT2D eigenvalue weighted by molar-refractivity contribution is 6.32. The largest absolute Gasteiger partial charge is 0.507 e. The van der Waals surface area contributed by atoms with Gasteiger partial charge in [-0.05, 0) is 201 Å². The van der Waals surface area contributed by atoms with Crippen molar-refractivity contribution in [3.8, 4) is 62.9 Å². The molecule has 6 heterocycles. The maximum absolute atomic E-state index is 16.3. The Morgan fingerprint density at radius 2 is 1.41 bits per heavy atom. The van der Waals surface area contributed by atoms with Gasteiger partial charge in [0, 0.05) is 40.9 Å². The van der Waals surface area contributed by atoms with Crippen LogP contribution < -0.4 is 88.2 Å². The standard InChI is InChI=1S/C88H105Cl2N11O25/c1-8-9-20-119-47-15-13-46(14-16-47)95-86(117)121-48-30-50-67(60(31-48)118-7)49-23-40(10-17-56(49)103)69(79(92)111)99-82(114)70-42-26-61(122-58-18-11-39(24-52(58)89)57(104)33-65(106)97-71(50)83(115)98-68-43-22-44-28-45-29-51(68)88(44,45)34-43)76(126-85-77(75(109)74(108)63(36-102)124-85)125-66-35-87(5,93)78(110)38(4)120-66)62(27-42)123-59-19-12-41(25-53(59)90)73(107)72(101-80(112)54(94-6)21-37(2)3)84(116)96-55(32-64(91)105)81(113)100-70/h10-19,23-27,30-31,37-38,43-45,51,54-55,57,63,66,68-75,77-78,85,94,102-104,107-110H,8-9,20-22,28-29,32-36,93H2,1-7H3,(H2,91,105)(H2,92,111)(H,95,117)(H,96,116)(H,97,106)(H,98,115)(H,99,114)(H,100,113)(H,101,112). The van der Waals surface area contributed by atoms with Crippen molar-refractivity contribution in [1.82, 2.24) is 37.2 Å². The van der Waals surface area contributed by atoms with Crippen LogP contribution in [0, 0.1) is 35.0 Å². The fourth-order valence-corrected chi connectivity index (χ4v) is 19.5. The van der Waals surface area contributed by atoms with Crippen molar-refractivity contribution in [2.75, 3.05) is 32.7 Å². The fraction of sp³-hybridized carbons (Fsp3) is 0.489. The zero-order valence-corrected chi connectivity index (χ0v) is 71.5. The van der Waals surface area contributed by atoms with Crippen molar-refractivity contribution in [2.45, 2.75) is 208 Å². The number of unbranched alkanes of at least 4 members (excludes halogenated alkanes) is 1. The Bertz CT molecular complexity index is 5170. The number of methoxy groups -OCH3 is 1. The lowest BCUT2D eigenvalue weighted by molar-refractivity contribution is -0.333. The summed E-state index contributed by atoms with van der Waals surface area (Å²) in [5.41, 5.74) is 16.2. The number of aliphatic hydroxyl groups is 6. The Kier molecular flexibility index (Phi) is 27.4. The molecule has 16 rings (SSSR count). The molecule has 23 atom stereocenters. The molecule has 4 saturated carbocycles. The van der Waals surface area contributed by atoms with Gasteiger partial charge in [-0.3, -0.25) is 43.7 Å². The topological polar surface area (TPSA) is 553 Å². The molecule has 0 radical (unpaired) electrons. The number of carbonyl (C=O) groups is 9. The minimum atomic E-state index is -2.32. The summed E-state index contributed by atoms with van der Waals surface area (Å²) in [6, 6.07) is 10.1. The Balaban J connectivity index is 0.948. The molecule has 6 aromatic rings. The molecule has 6 aromatic carbocycles. The van der Waals surface area contributed by atoms with Crippen LogP contribution in [-0.4, -0.2) is 195 Å². The molecule has 10 aliphatic rings. The van der Waals surface area contributed by atoms with Crippen molar-refractivity contribution < 1.29 is 122 Å². The number of nitrogens with one attached hydrogen (secondary N) is 8.